The van der Waals surface area contributed by atoms with Crippen molar-refractivity contribution in [1.82, 2.24) is 15.2 Å². The van der Waals surface area contributed by atoms with Crippen LogP contribution in [0.15, 0.2) is 54.7 Å². The van der Waals surface area contributed by atoms with Gasteiger partial charge in [0.1, 0.15) is 5.69 Å². The summed E-state index contributed by atoms with van der Waals surface area (Å²) in [4.78, 5) is 15.6. The van der Waals surface area contributed by atoms with Gasteiger partial charge in [-0.2, -0.15) is 26.3 Å². The zero-order valence-corrected chi connectivity index (χ0v) is 14.2. The summed E-state index contributed by atoms with van der Waals surface area (Å²) in [5.41, 5.74) is -2.30. The molecule has 0 aliphatic carbocycles. The molecule has 150 valence electrons. The third-order valence-corrected chi connectivity index (χ3v) is 3.74. The van der Waals surface area contributed by atoms with Crippen LogP contribution in [0.25, 0.3) is 11.3 Å². The van der Waals surface area contributed by atoms with E-state index in [4.69, 9.17) is 0 Å². The van der Waals surface area contributed by atoms with E-state index < -0.39 is 35.1 Å². The molecule has 0 aliphatic heterocycles. The molecule has 29 heavy (non-hydrogen) atoms. The van der Waals surface area contributed by atoms with E-state index in [-0.39, 0.29) is 11.5 Å². The minimum Gasteiger partial charge on any atom is -0.304 e. The number of anilines is 1. The Hall–Kier alpha value is -3.50. The predicted molar refractivity (Wildman–Crippen MR) is 89.7 cm³/mol. The van der Waals surface area contributed by atoms with E-state index in [1.807, 2.05) is 0 Å². The Morgan fingerprint density at radius 1 is 0.828 bits per heavy atom. The fraction of sp³-hybridized carbons (Fsp3) is 0.111. The lowest BCUT2D eigenvalue weighted by molar-refractivity contribution is -0.138. The van der Waals surface area contributed by atoms with E-state index in [9.17, 15) is 31.1 Å². The molecule has 0 spiro atoms. The SMILES string of the molecule is O=C(Nc1ccc(-c2ccc(C(F)(F)F)cc2)nn1)c1ncccc1C(F)(F)F. The summed E-state index contributed by atoms with van der Waals surface area (Å²) in [5.74, 6) is -1.28. The maximum Gasteiger partial charge on any atom is 0.418 e. The largest absolute Gasteiger partial charge is 0.418 e. The third kappa shape index (κ3) is 4.68. The average Bonchev–Trinajstić information content (AvgIpc) is 2.67. The first-order valence-corrected chi connectivity index (χ1v) is 7.90. The van der Waals surface area contributed by atoms with Crippen molar-refractivity contribution < 1.29 is 31.1 Å². The number of carbonyl (C=O) groups excluding carboxylic acids is 1. The Morgan fingerprint density at radius 3 is 2.07 bits per heavy atom. The van der Waals surface area contributed by atoms with Crippen LogP contribution in [0.5, 0.6) is 0 Å². The first-order chi connectivity index (χ1) is 13.6. The van der Waals surface area contributed by atoms with E-state index >= 15 is 0 Å². The predicted octanol–water partition coefficient (Wildman–Crippen LogP) is 4.83. The highest BCUT2D eigenvalue weighted by Gasteiger charge is 2.36. The monoisotopic (exact) mass is 412 g/mol. The van der Waals surface area contributed by atoms with Gasteiger partial charge in [0, 0.05) is 11.8 Å². The number of benzene rings is 1. The van der Waals surface area contributed by atoms with Gasteiger partial charge < -0.3 is 5.32 Å². The highest BCUT2D eigenvalue weighted by Crippen LogP contribution is 2.32. The molecule has 11 heteroatoms. The van der Waals surface area contributed by atoms with Crippen LogP contribution < -0.4 is 5.32 Å². The number of alkyl halides is 6. The summed E-state index contributed by atoms with van der Waals surface area (Å²) in [6.45, 7) is 0. The second-order valence-electron chi connectivity index (χ2n) is 5.73. The van der Waals surface area contributed by atoms with Crippen LogP contribution >= 0.6 is 0 Å². The van der Waals surface area contributed by atoms with Crippen molar-refractivity contribution in [3.63, 3.8) is 0 Å². The molecule has 1 aromatic carbocycles. The highest BCUT2D eigenvalue weighted by molar-refractivity contribution is 6.03. The number of halogens is 6. The topological polar surface area (TPSA) is 67.8 Å². The number of hydrogen-bond donors (Lipinski definition) is 1. The zero-order chi connectivity index (χ0) is 21.2. The maximum atomic E-state index is 13.0. The van der Waals surface area contributed by atoms with Crippen LogP contribution in [-0.4, -0.2) is 21.1 Å². The van der Waals surface area contributed by atoms with Crippen molar-refractivity contribution in [3.8, 4) is 11.3 Å². The summed E-state index contributed by atoms with van der Waals surface area (Å²) < 4.78 is 76.7. The third-order valence-electron chi connectivity index (χ3n) is 3.74. The van der Waals surface area contributed by atoms with Gasteiger partial charge in [-0.25, -0.2) is 0 Å². The van der Waals surface area contributed by atoms with E-state index in [2.05, 4.69) is 20.5 Å². The first kappa shape index (κ1) is 20.2. The lowest BCUT2D eigenvalue weighted by Gasteiger charge is -2.11. The summed E-state index contributed by atoms with van der Waals surface area (Å²) in [6, 6.07) is 8.56. The molecule has 0 fully saturated rings. The number of carbonyl (C=O) groups is 1. The highest BCUT2D eigenvalue weighted by atomic mass is 19.4. The van der Waals surface area contributed by atoms with E-state index in [0.717, 1.165) is 30.5 Å². The van der Waals surface area contributed by atoms with Crippen molar-refractivity contribution in [3.05, 3.63) is 71.5 Å². The number of nitrogens with one attached hydrogen (secondary N) is 1. The molecule has 0 bridgehead atoms. The van der Waals surface area contributed by atoms with Crippen LogP contribution in [-0.2, 0) is 12.4 Å². The molecule has 2 heterocycles. The molecule has 0 saturated carbocycles. The lowest BCUT2D eigenvalue weighted by atomic mass is 10.1. The van der Waals surface area contributed by atoms with Crippen LogP contribution in [0.4, 0.5) is 32.2 Å². The first-order valence-electron chi connectivity index (χ1n) is 7.90. The molecule has 0 unspecified atom stereocenters. The Morgan fingerprint density at radius 2 is 1.52 bits per heavy atom. The summed E-state index contributed by atoms with van der Waals surface area (Å²) in [7, 11) is 0. The van der Waals surface area contributed by atoms with Crippen LogP contribution in [0, 0.1) is 0 Å². The zero-order valence-electron chi connectivity index (χ0n) is 14.2. The summed E-state index contributed by atoms with van der Waals surface area (Å²) >= 11 is 0. The second kappa shape index (κ2) is 7.49. The van der Waals surface area contributed by atoms with Crippen LogP contribution in [0.2, 0.25) is 0 Å². The molecule has 3 aromatic rings. The van der Waals surface area contributed by atoms with Crippen molar-refractivity contribution in [2.24, 2.45) is 0 Å². The van der Waals surface area contributed by atoms with Gasteiger partial charge in [-0.15, -0.1) is 10.2 Å². The molecule has 0 aliphatic rings. The normalized spacial score (nSPS) is 11.9. The molecule has 1 amide bonds. The number of aromatic nitrogens is 3. The van der Waals surface area contributed by atoms with Crippen molar-refractivity contribution >= 4 is 11.7 Å². The minimum atomic E-state index is -4.76. The summed E-state index contributed by atoms with van der Waals surface area (Å²) in [5, 5.41) is 9.60. The van der Waals surface area contributed by atoms with Gasteiger partial charge in [-0.1, -0.05) is 12.1 Å². The van der Waals surface area contributed by atoms with E-state index in [0.29, 0.717) is 5.56 Å². The molecule has 0 radical (unpaired) electrons. The maximum absolute atomic E-state index is 13.0. The lowest BCUT2D eigenvalue weighted by Crippen LogP contribution is -2.20. The Kier molecular flexibility index (Phi) is 5.23. The van der Waals surface area contributed by atoms with Crippen LogP contribution in [0.3, 0.4) is 0 Å². The molecule has 5 nitrogen and oxygen atoms in total. The summed E-state index contributed by atoms with van der Waals surface area (Å²) in [6.07, 6.45) is -8.19. The molecule has 0 atom stereocenters. The number of amides is 1. The van der Waals surface area contributed by atoms with Crippen molar-refractivity contribution in [2.45, 2.75) is 12.4 Å². The smallest absolute Gasteiger partial charge is 0.304 e. The van der Waals surface area contributed by atoms with E-state index in [1.54, 1.807) is 0 Å². The van der Waals surface area contributed by atoms with Gasteiger partial charge in [0.2, 0.25) is 0 Å². The van der Waals surface area contributed by atoms with Gasteiger partial charge in [0.05, 0.1) is 16.8 Å². The van der Waals surface area contributed by atoms with E-state index in [1.165, 1.54) is 24.3 Å². The fourth-order valence-electron chi connectivity index (χ4n) is 2.37. The molecule has 3 rings (SSSR count). The number of rotatable bonds is 3. The van der Waals surface area contributed by atoms with Crippen molar-refractivity contribution in [2.75, 3.05) is 5.32 Å². The number of nitrogens with zero attached hydrogens (tertiary/aromatic N) is 3. The molecular formula is C18H10F6N4O. The minimum absolute atomic E-state index is 0.149. The molecule has 2 aromatic heterocycles. The number of hydrogen-bond acceptors (Lipinski definition) is 4. The molecule has 1 N–H and O–H groups in total. The average molecular weight is 412 g/mol. The van der Waals surface area contributed by atoms with Gasteiger partial charge in [-0.3, -0.25) is 9.78 Å². The van der Waals surface area contributed by atoms with Gasteiger partial charge >= 0.3 is 12.4 Å². The van der Waals surface area contributed by atoms with Gasteiger partial charge in [-0.05, 0) is 36.4 Å². The van der Waals surface area contributed by atoms with Gasteiger partial charge in [0.15, 0.2) is 5.82 Å². The van der Waals surface area contributed by atoms with Crippen LogP contribution in [0.1, 0.15) is 21.6 Å². The Balaban J connectivity index is 1.77. The quantitative estimate of drug-likeness (QED) is 0.626. The van der Waals surface area contributed by atoms with Crippen molar-refractivity contribution in [1.29, 1.82) is 0 Å². The van der Waals surface area contributed by atoms with Gasteiger partial charge in [0.25, 0.3) is 5.91 Å². The molecular weight excluding hydrogens is 402 g/mol. The second-order valence-corrected chi connectivity index (χ2v) is 5.73. The molecule has 0 saturated heterocycles. The standard InChI is InChI=1S/C18H10F6N4O/c19-17(20,21)11-5-3-10(4-6-11)13-7-8-14(28-27-13)26-16(29)15-12(18(22,23)24)2-1-9-25-15/h1-9H,(H,26,28,29). The number of pyridine rings is 1. The fourth-order valence-corrected chi connectivity index (χ4v) is 2.37. The Labute approximate surface area is 159 Å². The Bertz CT molecular complexity index is 1010.